The maximum Gasteiger partial charge on any atom is 0.263 e. The van der Waals surface area contributed by atoms with E-state index in [1.165, 1.54) is 5.56 Å². The third kappa shape index (κ3) is 5.17. The van der Waals surface area contributed by atoms with Crippen molar-refractivity contribution in [1.29, 1.82) is 0 Å². The van der Waals surface area contributed by atoms with Crippen molar-refractivity contribution in [3.05, 3.63) is 60.0 Å². The average molecular weight is 409 g/mol. The molecule has 1 amide bonds. The van der Waals surface area contributed by atoms with Gasteiger partial charge >= 0.3 is 0 Å². The molecule has 0 spiro atoms. The number of rotatable bonds is 9. The van der Waals surface area contributed by atoms with E-state index in [0.29, 0.717) is 23.9 Å². The fourth-order valence-corrected chi connectivity index (χ4v) is 2.98. The standard InChI is InChI=1S/C23H27N3O4/c1-5-16-7-11-19(12-8-16)29-20(6-2)23(27)26(3)15-21-24-22(25-30-21)17-9-13-18(28-4)14-10-17/h7-14,20H,5-6,15H2,1-4H3/t20-/m1/s1. The summed E-state index contributed by atoms with van der Waals surface area (Å²) in [5, 5.41) is 4.01. The zero-order chi connectivity index (χ0) is 21.5. The van der Waals surface area contributed by atoms with Crippen molar-refractivity contribution in [2.45, 2.75) is 39.3 Å². The molecule has 0 aliphatic heterocycles. The summed E-state index contributed by atoms with van der Waals surface area (Å²) in [7, 11) is 3.31. The number of amides is 1. The van der Waals surface area contributed by atoms with E-state index in [9.17, 15) is 4.79 Å². The molecule has 0 N–H and O–H groups in total. The summed E-state index contributed by atoms with van der Waals surface area (Å²) in [6.07, 6.45) is 0.938. The van der Waals surface area contributed by atoms with Crippen molar-refractivity contribution in [2.24, 2.45) is 0 Å². The molecule has 3 aromatic rings. The second-order valence-electron chi connectivity index (χ2n) is 6.95. The van der Waals surface area contributed by atoms with Crippen LogP contribution < -0.4 is 9.47 Å². The first-order chi connectivity index (χ1) is 14.5. The summed E-state index contributed by atoms with van der Waals surface area (Å²) in [6, 6.07) is 15.2. The van der Waals surface area contributed by atoms with Crippen LogP contribution in [0.1, 0.15) is 31.7 Å². The van der Waals surface area contributed by atoms with Crippen molar-refractivity contribution in [3.8, 4) is 22.9 Å². The minimum Gasteiger partial charge on any atom is -0.497 e. The topological polar surface area (TPSA) is 77.7 Å². The number of hydrogen-bond acceptors (Lipinski definition) is 6. The van der Waals surface area contributed by atoms with Crippen LogP contribution in [-0.4, -0.2) is 41.2 Å². The van der Waals surface area contributed by atoms with Gasteiger partial charge in [0, 0.05) is 12.6 Å². The highest BCUT2D eigenvalue weighted by molar-refractivity contribution is 5.80. The number of ether oxygens (including phenoxy) is 2. The first-order valence-electron chi connectivity index (χ1n) is 10.0. The molecule has 0 saturated heterocycles. The highest BCUT2D eigenvalue weighted by Gasteiger charge is 2.24. The number of likely N-dealkylation sites (N-methyl/N-ethyl adjacent to an activating group) is 1. The van der Waals surface area contributed by atoms with E-state index in [1.54, 1.807) is 19.1 Å². The van der Waals surface area contributed by atoms with E-state index < -0.39 is 6.10 Å². The van der Waals surface area contributed by atoms with Crippen molar-refractivity contribution >= 4 is 5.91 Å². The van der Waals surface area contributed by atoms with Crippen LogP contribution in [0.2, 0.25) is 0 Å². The smallest absolute Gasteiger partial charge is 0.263 e. The number of nitrogens with zero attached hydrogens (tertiary/aromatic N) is 3. The zero-order valence-corrected chi connectivity index (χ0v) is 17.8. The van der Waals surface area contributed by atoms with E-state index in [-0.39, 0.29) is 12.5 Å². The molecule has 0 fully saturated rings. The third-order valence-electron chi connectivity index (χ3n) is 4.82. The quantitative estimate of drug-likeness (QED) is 0.529. The summed E-state index contributed by atoms with van der Waals surface area (Å²) < 4.78 is 16.4. The Morgan fingerprint density at radius 1 is 1.07 bits per heavy atom. The van der Waals surface area contributed by atoms with Gasteiger partial charge in [0.2, 0.25) is 11.7 Å². The van der Waals surface area contributed by atoms with Crippen LogP contribution in [0, 0.1) is 0 Å². The first kappa shape index (κ1) is 21.4. The second-order valence-corrected chi connectivity index (χ2v) is 6.95. The predicted octanol–water partition coefficient (Wildman–Crippen LogP) is 4.12. The Hall–Kier alpha value is -3.35. The molecule has 3 rings (SSSR count). The lowest BCUT2D eigenvalue weighted by Crippen LogP contribution is -2.39. The monoisotopic (exact) mass is 409 g/mol. The van der Waals surface area contributed by atoms with Crippen LogP contribution in [-0.2, 0) is 17.8 Å². The molecule has 1 aromatic heterocycles. The van der Waals surface area contributed by atoms with Gasteiger partial charge in [-0.3, -0.25) is 4.79 Å². The van der Waals surface area contributed by atoms with Crippen LogP contribution >= 0.6 is 0 Å². The van der Waals surface area contributed by atoms with Crippen LogP contribution in [0.5, 0.6) is 11.5 Å². The number of benzene rings is 2. The molecule has 0 unspecified atom stereocenters. The number of aryl methyl sites for hydroxylation is 1. The van der Waals surface area contributed by atoms with Gasteiger partial charge in [-0.2, -0.15) is 4.98 Å². The molecule has 0 saturated carbocycles. The van der Waals surface area contributed by atoms with Gasteiger partial charge in [-0.25, -0.2) is 0 Å². The Morgan fingerprint density at radius 3 is 2.33 bits per heavy atom. The number of aromatic nitrogens is 2. The van der Waals surface area contributed by atoms with Crippen molar-refractivity contribution in [3.63, 3.8) is 0 Å². The molecule has 0 aliphatic carbocycles. The third-order valence-corrected chi connectivity index (χ3v) is 4.82. The number of carbonyl (C=O) groups is 1. The van der Waals surface area contributed by atoms with Gasteiger partial charge in [-0.1, -0.05) is 31.1 Å². The molecule has 1 atom stereocenters. The van der Waals surface area contributed by atoms with Crippen molar-refractivity contribution < 1.29 is 18.8 Å². The summed E-state index contributed by atoms with van der Waals surface area (Å²) in [4.78, 5) is 18.8. The predicted molar refractivity (Wildman–Crippen MR) is 113 cm³/mol. The molecule has 7 heteroatoms. The maximum absolute atomic E-state index is 12.9. The molecule has 158 valence electrons. The Balaban J connectivity index is 1.62. The van der Waals surface area contributed by atoms with Gasteiger partial charge in [0.1, 0.15) is 11.5 Å². The number of carbonyl (C=O) groups excluding carboxylic acids is 1. The van der Waals surface area contributed by atoms with Gasteiger partial charge < -0.3 is 18.9 Å². The van der Waals surface area contributed by atoms with E-state index in [4.69, 9.17) is 14.0 Å². The summed E-state index contributed by atoms with van der Waals surface area (Å²) >= 11 is 0. The largest absolute Gasteiger partial charge is 0.497 e. The van der Waals surface area contributed by atoms with Gasteiger partial charge in [0.25, 0.3) is 5.91 Å². The molecule has 7 nitrogen and oxygen atoms in total. The molecule has 0 aliphatic rings. The van der Waals surface area contributed by atoms with Crippen molar-refractivity contribution in [2.75, 3.05) is 14.2 Å². The van der Waals surface area contributed by atoms with E-state index in [2.05, 4.69) is 17.1 Å². The lowest BCUT2D eigenvalue weighted by atomic mass is 10.1. The second kappa shape index (κ2) is 9.91. The van der Waals surface area contributed by atoms with E-state index >= 15 is 0 Å². The summed E-state index contributed by atoms with van der Waals surface area (Å²) in [5.41, 5.74) is 2.04. The summed E-state index contributed by atoms with van der Waals surface area (Å²) in [6.45, 7) is 4.22. The van der Waals surface area contributed by atoms with Gasteiger partial charge in [-0.15, -0.1) is 0 Å². The van der Waals surface area contributed by atoms with Gasteiger partial charge in [0.05, 0.1) is 13.7 Å². The Kier molecular flexibility index (Phi) is 7.06. The highest BCUT2D eigenvalue weighted by Crippen LogP contribution is 2.21. The molecular weight excluding hydrogens is 382 g/mol. The highest BCUT2D eigenvalue weighted by atomic mass is 16.5. The Morgan fingerprint density at radius 2 is 1.73 bits per heavy atom. The molecule has 2 aromatic carbocycles. The van der Waals surface area contributed by atoms with Crippen LogP contribution in [0.3, 0.4) is 0 Å². The van der Waals surface area contributed by atoms with Crippen molar-refractivity contribution in [1.82, 2.24) is 15.0 Å². The molecular formula is C23H27N3O4. The van der Waals surface area contributed by atoms with Crippen LogP contribution in [0.4, 0.5) is 0 Å². The fraction of sp³-hybridized carbons (Fsp3) is 0.348. The molecule has 1 heterocycles. The first-order valence-corrected chi connectivity index (χ1v) is 10.0. The fourth-order valence-electron chi connectivity index (χ4n) is 2.98. The number of hydrogen-bond donors (Lipinski definition) is 0. The van der Waals surface area contributed by atoms with E-state index in [0.717, 1.165) is 17.7 Å². The van der Waals surface area contributed by atoms with Gasteiger partial charge in [-0.05, 0) is 54.8 Å². The zero-order valence-electron chi connectivity index (χ0n) is 17.8. The minimum atomic E-state index is -0.577. The summed E-state index contributed by atoms with van der Waals surface area (Å²) in [5.74, 6) is 2.12. The normalized spacial score (nSPS) is 11.7. The van der Waals surface area contributed by atoms with Gasteiger partial charge in [0.15, 0.2) is 6.10 Å². The molecule has 0 bridgehead atoms. The lowest BCUT2D eigenvalue weighted by molar-refractivity contribution is -0.138. The Labute approximate surface area is 176 Å². The SMILES string of the molecule is CCc1ccc(O[C@H](CC)C(=O)N(C)Cc2nc(-c3ccc(OC)cc3)no2)cc1. The Bertz CT molecular complexity index is 951. The lowest BCUT2D eigenvalue weighted by Gasteiger charge is -2.22. The minimum absolute atomic E-state index is 0.138. The maximum atomic E-state index is 12.9. The number of methoxy groups -OCH3 is 1. The molecule has 30 heavy (non-hydrogen) atoms. The average Bonchev–Trinajstić information content (AvgIpc) is 3.25. The van der Waals surface area contributed by atoms with Crippen LogP contribution in [0.15, 0.2) is 53.1 Å². The van der Waals surface area contributed by atoms with Crippen LogP contribution in [0.25, 0.3) is 11.4 Å². The molecule has 0 radical (unpaired) electrons. The van der Waals surface area contributed by atoms with E-state index in [1.807, 2.05) is 55.5 Å².